The fraction of sp³-hybridized carbons (Fsp3) is 0.212. The number of aromatic hydroxyl groups is 2. The van der Waals surface area contributed by atoms with Gasteiger partial charge in [-0.15, -0.1) is 0 Å². The van der Waals surface area contributed by atoms with Gasteiger partial charge >= 0.3 is 0 Å². The van der Waals surface area contributed by atoms with Gasteiger partial charge in [-0.25, -0.2) is 0 Å². The van der Waals surface area contributed by atoms with Crippen molar-refractivity contribution in [3.63, 3.8) is 0 Å². The standard InChI is InChI=1S/C33H32O4/c1-21-7-5-9-23(15-21)31(36)19-25-17-27(11-13-29(25)34)33(3,4)28-12-14-30(35)26(18-28)20-32(37)24-10-6-8-22(2)16-24/h5-18,34-35H,19-20H2,1-4H3. The molecule has 0 heterocycles. The number of phenolic OH excluding ortho intramolecular Hbond substituents is 2. The van der Waals surface area contributed by atoms with Crippen LogP contribution in [-0.4, -0.2) is 21.8 Å². The lowest BCUT2D eigenvalue weighted by Crippen LogP contribution is -2.20. The second kappa shape index (κ2) is 10.4. The second-order valence-electron chi connectivity index (χ2n) is 10.3. The van der Waals surface area contributed by atoms with Gasteiger partial charge in [0.25, 0.3) is 0 Å². The van der Waals surface area contributed by atoms with Crippen LogP contribution in [0.25, 0.3) is 0 Å². The zero-order chi connectivity index (χ0) is 26.7. The average molecular weight is 493 g/mol. The fourth-order valence-electron chi connectivity index (χ4n) is 4.59. The van der Waals surface area contributed by atoms with Crippen LogP contribution in [0, 0.1) is 13.8 Å². The topological polar surface area (TPSA) is 74.6 Å². The van der Waals surface area contributed by atoms with E-state index < -0.39 is 5.41 Å². The third kappa shape index (κ3) is 5.80. The summed E-state index contributed by atoms with van der Waals surface area (Å²) in [6.45, 7) is 7.98. The molecule has 188 valence electrons. The molecule has 4 aromatic carbocycles. The molecule has 2 N–H and O–H groups in total. The van der Waals surface area contributed by atoms with Gasteiger partial charge in [0.05, 0.1) is 0 Å². The Morgan fingerprint density at radius 2 is 1.03 bits per heavy atom. The van der Waals surface area contributed by atoms with Crippen molar-refractivity contribution in [3.05, 3.63) is 129 Å². The van der Waals surface area contributed by atoms with Gasteiger partial charge in [0.15, 0.2) is 11.6 Å². The Morgan fingerprint density at radius 3 is 1.41 bits per heavy atom. The number of hydrogen-bond acceptors (Lipinski definition) is 4. The van der Waals surface area contributed by atoms with Crippen molar-refractivity contribution in [1.29, 1.82) is 0 Å². The van der Waals surface area contributed by atoms with Crippen molar-refractivity contribution >= 4 is 11.6 Å². The highest BCUT2D eigenvalue weighted by Gasteiger charge is 2.26. The number of hydrogen-bond donors (Lipinski definition) is 2. The molecule has 0 aliphatic heterocycles. The maximum atomic E-state index is 12.9. The number of Topliss-reactive ketones (excluding diaryl/α,β-unsaturated/α-hetero) is 2. The highest BCUT2D eigenvalue weighted by molar-refractivity contribution is 5.98. The highest BCUT2D eigenvalue weighted by Crippen LogP contribution is 2.36. The summed E-state index contributed by atoms with van der Waals surface area (Å²) >= 11 is 0. The van der Waals surface area contributed by atoms with E-state index in [1.807, 2.05) is 88.4 Å². The predicted molar refractivity (Wildman–Crippen MR) is 147 cm³/mol. The predicted octanol–water partition coefficient (Wildman–Crippen LogP) is 6.89. The van der Waals surface area contributed by atoms with Crippen molar-refractivity contribution in [2.24, 2.45) is 0 Å². The first-order valence-electron chi connectivity index (χ1n) is 12.4. The first-order valence-corrected chi connectivity index (χ1v) is 12.4. The monoisotopic (exact) mass is 492 g/mol. The van der Waals surface area contributed by atoms with Crippen LogP contribution in [0.4, 0.5) is 0 Å². The van der Waals surface area contributed by atoms with Crippen LogP contribution in [0.1, 0.15) is 67.9 Å². The van der Waals surface area contributed by atoms with E-state index in [1.165, 1.54) is 0 Å². The van der Waals surface area contributed by atoms with E-state index >= 15 is 0 Å². The van der Waals surface area contributed by atoms with E-state index in [0.717, 1.165) is 22.3 Å². The lowest BCUT2D eigenvalue weighted by molar-refractivity contribution is 0.0984. The highest BCUT2D eigenvalue weighted by atomic mass is 16.3. The second-order valence-corrected chi connectivity index (χ2v) is 10.3. The summed E-state index contributed by atoms with van der Waals surface area (Å²) in [7, 11) is 0. The van der Waals surface area contributed by atoms with Crippen molar-refractivity contribution < 1.29 is 19.8 Å². The van der Waals surface area contributed by atoms with E-state index in [1.54, 1.807) is 24.3 Å². The summed E-state index contributed by atoms with van der Waals surface area (Å²) in [5, 5.41) is 21.0. The Kier molecular flexibility index (Phi) is 7.30. The van der Waals surface area contributed by atoms with Gasteiger partial charge in [0, 0.05) is 40.5 Å². The molecule has 0 radical (unpaired) electrons. The maximum Gasteiger partial charge on any atom is 0.167 e. The molecule has 4 aromatic rings. The number of ketones is 2. The van der Waals surface area contributed by atoms with Gasteiger partial charge in [0.2, 0.25) is 0 Å². The first-order chi connectivity index (χ1) is 17.5. The maximum absolute atomic E-state index is 12.9. The normalized spacial score (nSPS) is 11.4. The molecule has 0 aromatic heterocycles. The van der Waals surface area contributed by atoms with Gasteiger partial charge in [-0.2, -0.15) is 0 Å². The van der Waals surface area contributed by atoms with E-state index in [4.69, 9.17) is 0 Å². The van der Waals surface area contributed by atoms with Gasteiger partial charge in [-0.05, 0) is 49.2 Å². The van der Waals surface area contributed by atoms with Crippen LogP contribution in [0.2, 0.25) is 0 Å². The van der Waals surface area contributed by atoms with Gasteiger partial charge in [0.1, 0.15) is 11.5 Å². The number of carbonyl (C=O) groups excluding carboxylic acids is 2. The molecule has 0 saturated heterocycles. The summed E-state index contributed by atoms with van der Waals surface area (Å²) in [5.74, 6) is 0.0393. The van der Waals surface area contributed by atoms with Gasteiger partial charge < -0.3 is 10.2 Å². The van der Waals surface area contributed by atoms with Crippen LogP contribution in [0.5, 0.6) is 11.5 Å². The largest absolute Gasteiger partial charge is 0.508 e. The average Bonchev–Trinajstić information content (AvgIpc) is 2.86. The lowest BCUT2D eigenvalue weighted by atomic mass is 9.76. The number of carbonyl (C=O) groups is 2. The number of phenols is 2. The Morgan fingerprint density at radius 1 is 0.622 bits per heavy atom. The van der Waals surface area contributed by atoms with Gasteiger partial charge in [-0.1, -0.05) is 85.6 Å². The smallest absolute Gasteiger partial charge is 0.167 e. The molecule has 0 amide bonds. The molecule has 0 fully saturated rings. The molecule has 0 unspecified atom stereocenters. The third-order valence-corrected chi connectivity index (χ3v) is 6.98. The minimum Gasteiger partial charge on any atom is -0.508 e. The Labute approximate surface area is 218 Å². The minimum absolute atomic E-state index is 0.0597. The number of aryl methyl sites for hydroxylation is 2. The quantitative estimate of drug-likeness (QED) is 0.263. The van der Waals surface area contributed by atoms with Crippen LogP contribution in [0.3, 0.4) is 0 Å². The number of benzene rings is 4. The Hall–Kier alpha value is -4.18. The molecule has 0 aliphatic carbocycles. The van der Waals surface area contributed by atoms with E-state index in [-0.39, 0.29) is 35.9 Å². The molecule has 4 heteroatoms. The molecule has 4 rings (SSSR count). The number of rotatable bonds is 8. The zero-order valence-corrected chi connectivity index (χ0v) is 21.7. The van der Waals surface area contributed by atoms with Crippen molar-refractivity contribution in [2.75, 3.05) is 0 Å². The van der Waals surface area contributed by atoms with Crippen LogP contribution >= 0.6 is 0 Å². The molecule has 37 heavy (non-hydrogen) atoms. The lowest BCUT2D eigenvalue weighted by Gasteiger charge is -2.27. The SMILES string of the molecule is Cc1cccc(C(=O)Cc2cc(C(C)(C)c3ccc(O)c(CC(=O)c4cccc(C)c4)c3)ccc2O)c1. The Balaban J connectivity index is 1.61. The van der Waals surface area contributed by atoms with E-state index in [9.17, 15) is 19.8 Å². The third-order valence-electron chi connectivity index (χ3n) is 6.98. The summed E-state index contributed by atoms with van der Waals surface area (Å²) < 4.78 is 0. The molecule has 0 aliphatic rings. The van der Waals surface area contributed by atoms with Crippen LogP contribution < -0.4 is 0 Å². The molecule has 0 saturated carbocycles. The summed E-state index contributed by atoms with van der Waals surface area (Å²) in [4.78, 5) is 25.8. The first kappa shape index (κ1) is 25.9. The van der Waals surface area contributed by atoms with Crippen LogP contribution in [0.15, 0.2) is 84.9 Å². The van der Waals surface area contributed by atoms with E-state index in [0.29, 0.717) is 22.3 Å². The summed E-state index contributed by atoms with van der Waals surface area (Å²) in [6.07, 6.45) is 0.177. The van der Waals surface area contributed by atoms with Crippen molar-refractivity contribution in [1.82, 2.24) is 0 Å². The molecular weight excluding hydrogens is 460 g/mol. The molecule has 0 atom stereocenters. The molecular formula is C33H32O4. The zero-order valence-electron chi connectivity index (χ0n) is 21.7. The summed E-state index contributed by atoms with van der Waals surface area (Å²) in [6, 6.07) is 25.6. The fourth-order valence-corrected chi connectivity index (χ4v) is 4.59. The molecule has 0 bridgehead atoms. The van der Waals surface area contributed by atoms with Gasteiger partial charge in [-0.3, -0.25) is 9.59 Å². The summed E-state index contributed by atoms with van der Waals surface area (Å²) in [5.41, 5.74) is 5.69. The molecule has 4 nitrogen and oxygen atoms in total. The molecule has 0 spiro atoms. The minimum atomic E-state index is -0.510. The van der Waals surface area contributed by atoms with Crippen LogP contribution in [-0.2, 0) is 18.3 Å². The Bertz CT molecular complexity index is 1370. The van der Waals surface area contributed by atoms with Crippen molar-refractivity contribution in [3.8, 4) is 11.5 Å². The van der Waals surface area contributed by atoms with Crippen molar-refractivity contribution in [2.45, 2.75) is 46.0 Å². The van der Waals surface area contributed by atoms with E-state index in [2.05, 4.69) is 0 Å².